The zero-order valence-corrected chi connectivity index (χ0v) is 16.6. The SMILES string of the molecule is CN(CCc1ccc(Br)cc1)C(=O)CCc1ccc2c(c1)OCCCO2. The number of benzene rings is 2. The van der Waals surface area contributed by atoms with Gasteiger partial charge in [-0.25, -0.2) is 0 Å². The zero-order chi connectivity index (χ0) is 18.4. The number of rotatable bonds is 6. The van der Waals surface area contributed by atoms with Crippen molar-refractivity contribution in [3.63, 3.8) is 0 Å². The molecule has 2 aromatic carbocycles. The zero-order valence-electron chi connectivity index (χ0n) is 15.0. The number of hydrogen-bond acceptors (Lipinski definition) is 3. The monoisotopic (exact) mass is 417 g/mol. The number of nitrogens with zero attached hydrogens (tertiary/aromatic N) is 1. The summed E-state index contributed by atoms with van der Waals surface area (Å²) in [5.41, 5.74) is 2.33. The highest BCUT2D eigenvalue weighted by Gasteiger charge is 2.13. The summed E-state index contributed by atoms with van der Waals surface area (Å²) in [6.07, 6.45) is 2.96. The molecular weight excluding hydrogens is 394 g/mol. The summed E-state index contributed by atoms with van der Waals surface area (Å²) < 4.78 is 12.4. The van der Waals surface area contributed by atoms with E-state index in [0.717, 1.165) is 40.9 Å². The molecule has 0 aromatic heterocycles. The van der Waals surface area contributed by atoms with Gasteiger partial charge in [0.05, 0.1) is 13.2 Å². The number of carbonyl (C=O) groups is 1. The van der Waals surface area contributed by atoms with Crippen molar-refractivity contribution < 1.29 is 14.3 Å². The molecule has 0 spiro atoms. The average molecular weight is 418 g/mol. The van der Waals surface area contributed by atoms with Gasteiger partial charge in [0, 0.05) is 30.9 Å². The van der Waals surface area contributed by atoms with Crippen molar-refractivity contribution in [1.82, 2.24) is 4.90 Å². The standard InChI is InChI=1S/C21H24BrNO3/c1-23(12-11-16-3-7-18(22)8-4-16)21(24)10-6-17-5-9-19-20(15-17)26-14-2-13-25-19/h3-5,7-9,15H,2,6,10-14H2,1H3. The van der Waals surface area contributed by atoms with Crippen LogP contribution < -0.4 is 9.47 Å². The molecule has 1 aliphatic heterocycles. The summed E-state index contributed by atoms with van der Waals surface area (Å²) in [5.74, 6) is 1.74. The number of likely N-dealkylation sites (N-methyl/N-ethyl adjacent to an activating group) is 1. The van der Waals surface area contributed by atoms with Gasteiger partial charge in [-0.1, -0.05) is 34.1 Å². The van der Waals surface area contributed by atoms with Gasteiger partial charge in [-0.3, -0.25) is 4.79 Å². The van der Waals surface area contributed by atoms with Crippen LogP contribution in [-0.4, -0.2) is 37.6 Å². The Bertz CT molecular complexity index is 745. The highest BCUT2D eigenvalue weighted by molar-refractivity contribution is 9.10. The van der Waals surface area contributed by atoms with Crippen LogP contribution in [0.5, 0.6) is 11.5 Å². The molecule has 1 heterocycles. The van der Waals surface area contributed by atoms with Crippen LogP contribution in [0.4, 0.5) is 0 Å². The second-order valence-electron chi connectivity index (χ2n) is 6.52. The summed E-state index contributed by atoms with van der Waals surface area (Å²) in [7, 11) is 1.87. The van der Waals surface area contributed by atoms with Gasteiger partial charge in [0.25, 0.3) is 0 Å². The Balaban J connectivity index is 1.48. The molecule has 1 amide bonds. The van der Waals surface area contributed by atoms with Crippen LogP contribution in [-0.2, 0) is 17.6 Å². The van der Waals surface area contributed by atoms with Crippen LogP contribution in [0, 0.1) is 0 Å². The van der Waals surface area contributed by atoms with E-state index < -0.39 is 0 Å². The van der Waals surface area contributed by atoms with Gasteiger partial charge >= 0.3 is 0 Å². The molecule has 5 heteroatoms. The van der Waals surface area contributed by atoms with Crippen molar-refractivity contribution in [3.8, 4) is 11.5 Å². The third-order valence-corrected chi connectivity index (χ3v) is 5.04. The van der Waals surface area contributed by atoms with Gasteiger partial charge in [0.1, 0.15) is 0 Å². The van der Waals surface area contributed by atoms with Gasteiger partial charge in [-0.05, 0) is 48.2 Å². The molecule has 0 unspecified atom stereocenters. The van der Waals surface area contributed by atoms with Crippen molar-refractivity contribution in [1.29, 1.82) is 0 Å². The predicted molar refractivity (Wildman–Crippen MR) is 106 cm³/mol. The maximum atomic E-state index is 12.4. The number of ether oxygens (including phenoxy) is 2. The summed E-state index contributed by atoms with van der Waals surface area (Å²) in [6, 6.07) is 14.2. The van der Waals surface area contributed by atoms with E-state index >= 15 is 0 Å². The largest absolute Gasteiger partial charge is 0.490 e. The lowest BCUT2D eigenvalue weighted by Gasteiger charge is -2.17. The van der Waals surface area contributed by atoms with Gasteiger partial charge in [0.2, 0.25) is 5.91 Å². The van der Waals surface area contributed by atoms with Crippen molar-refractivity contribution in [2.75, 3.05) is 26.8 Å². The quantitative estimate of drug-likeness (QED) is 0.705. The molecule has 3 rings (SSSR count). The normalized spacial score (nSPS) is 13.2. The fourth-order valence-corrected chi connectivity index (χ4v) is 3.14. The number of amides is 1. The number of fused-ring (bicyclic) bond motifs is 1. The Morgan fingerprint density at radius 3 is 2.46 bits per heavy atom. The first kappa shape index (κ1) is 18.8. The van der Waals surface area contributed by atoms with Crippen LogP contribution >= 0.6 is 15.9 Å². The Morgan fingerprint density at radius 2 is 1.69 bits per heavy atom. The molecule has 0 saturated carbocycles. The fraction of sp³-hybridized carbons (Fsp3) is 0.381. The average Bonchev–Trinajstić information content (AvgIpc) is 2.90. The predicted octanol–water partition coefficient (Wildman–Crippen LogP) is 4.24. The minimum Gasteiger partial charge on any atom is -0.490 e. The lowest BCUT2D eigenvalue weighted by Crippen LogP contribution is -2.29. The van der Waals surface area contributed by atoms with E-state index in [9.17, 15) is 4.79 Å². The molecule has 26 heavy (non-hydrogen) atoms. The van der Waals surface area contributed by atoms with Crippen LogP contribution in [0.3, 0.4) is 0 Å². The van der Waals surface area contributed by atoms with Gasteiger partial charge < -0.3 is 14.4 Å². The van der Waals surface area contributed by atoms with E-state index in [-0.39, 0.29) is 5.91 Å². The number of carbonyl (C=O) groups excluding carboxylic acids is 1. The minimum atomic E-state index is 0.161. The van der Waals surface area contributed by atoms with Crippen LogP contribution in [0.15, 0.2) is 46.9 Å². The fourth-order valence-electron chi connectivity index (χ4n) is 2.88. The van der Waals surface area contributed by atoms with E-state index in [1.165, 1.54) is 5.56 Å². The lowest BCUT2D eigenvalue weighted by molar-refractivity contribution is -0.129. The number of hydrogen-bond donors (Lipinski definition) is 0. The molecule has 0 fully saturated rings. The lowest BCUT2D eigenvalue weighted by atomic mass is 10.1. The topological polar surface area (TPSA) is 38.8 Å². The first-order chi connectivity index (χ1) is 12.6. The molecule has 4 nitrogen and oxygen atoms in total. The summed E-state index contributed by atoms with van der Waals surface area (Å²) in [5, 5.41) is 0. The van der Waals surface area contributed by atoms with Gasteiger partial charge in [-0.15, -0.1) is 0 Å². The highest BCUT2D eigenvalue weighted by atomic mass is 79.9. The second-order valence-corrected chi connectivity index (χ2v) is 7.44. The van der Waals surface area contributed by atoms with Crippen LogP contribution in [0.2, 0.25) is 0 Å². The maximum Gasteiger partial charge on any atom is 0.222 e. The Kier molecular flexibility index (Phi) is 6.56. The van der Waals surface area contributed by atoms with E-state index in [4.69, 9.17) is 9.47 Å². The smallest absolute Gasteiger partial charge is 0.222 e. The van der Waals surface area contributed by atoms with Crippen molar-refractivity contribution in [2.24, 2.45) is 0 Å². The maximum absolute atomic E-state index is 12.4. The van der Waals surface area contributed by atoms with Crippen LogP contribution in [0.25, 0.3) is 0 Å². The number of aryl methyl sites for hydroxylation is 1. The summed E-state index contributed by atoms with van der Waals surface area (Å²) in [6.45, 7) is 2.09. The Hall–Kier alpha value is -2.01. The van der Waals surface area contributed by atoms with Gasteiger partial charge in [-0.2, -0.15) is 0 Å². The minimum absolute atomic E-state index is 0.161. The molecular formula is C21H24BrNO3. The first-order valence-electron chi connectivity index (χ1n) is 8.99. The van der Waals surface area contributed by atoms with Crippen LogP contribution in [0.1, 0.15) is 24.0 Å². The molecule has 138 valence electrons. The molecule has 0 atom stereocenters. The summed E-state index contributed by atoms with van der Waals surface area (Å²) >= 11 is 3.44. The molecule has 2 aromatic rings. The molecule has 0 bridgehead atoms. The van der Waals surface area contributed by atoms with E-state index in [1.807, 2.05) is 42.3 Å². The van der Waals surface area contributed by atoms with Crippen molar-refractivity contribution >= 4 is 21.8 Å². The van der Waals surface area contributed by atoms with Crippen molar-refractivity contribution in [3.05, 3.63) is 58.1 Å². The molecule has 0 saturated heterocycles. The third kappa shape index (κ3) is 5.24. The summed E-state index contributed by atoms with van der Waals surface area (Å²) in [4.78, 5) is 14.2. The second kappa shape index (κ2) is 9.08. The Labute approximate surface area is 163 Å². The number of halogens is 1. The molecule has 0 N–H and O–H groups in total. The van der Waals surface area contributed by atoms with Gasteiger partial charge in [0.15, 0.2) is 11.5 Å². The van der Waals surface area contributed by atoms with E-state index in [1.54, 1.807) is 0 Å². The molecule has 0 aliphatic carbocycles. The molecule has 1 aliphatic rings. The third-order valence-electron chi connectivity index (χ3n) is 4.51. The van der Waals surface area contributed by atoms with Crippen molar-refractivity contribution in [2.45, 2.75) is 25.7 Å². The highest BCUT2D eigenvalue weighted by Crippen LogP contribution is 2.30. The molecule has 0 radical (unpaired) electrons. The first-order valence-corrected chi connectivity index (χ1v) is 9.78. The van der Waals surface area contributed by atoms with E-state index in [2.05, 4.69) is 28.1 Å². The van der Waals surface area contributed by atoms with E-state index in [0.29, 0.717) is 26.1 Å². The Morgan fingerprint density at radius 1 is 1.00 bits per heavy atom.